The molecule has 0 spiro atoms. The summed E-state index contributed by atoms with van der Waals surface area (Å²) in [6.45, 7) is 7.06. The monoisotopic (exact) mass is 268 g/mol. The molecule has 2 aromatic heterocycles. The van der Waals surface area contributed by atoms with Crippen molar-refractivity contribution in [3.8, 4) is 11.4 Å². The van der Waals surface area contributed by atoms with Crippen LogP contribution < -0.4 is 0 Å². The lowest BCUT2D eigenvalue weighted by Gasteiger charge is -2.03. The minimum absolute atomic E-state index is 0.561. The Hall–Kier alpha value is -2.38. The van der Waals surface area contributed by atoms with E-state index in [0.29, 0.717) is 10.7 Å². The molecule has 0 aliphatic heterocycles. The van der Waals surface area contributed by atoms with E-state index in [0.717, 1.165) is 22.4 Å². The molecule has 0 saturated carbocycles. The maximum Gasteiger partial charge on any atom is 0.189 e. The van der Waals surface area contributed by atoms with Crippen molar-refractivity contribution in [2.24, 2.45) is 7.05 Å². The second kappa shape index (κ2) is 4.38. The predicted molar refractivity (Wildman–Crippen MR) is 75.2 cm³/mol. The summed E-state index contributed by atoms with van der Waals surface area (Å²) < 4.78 is 1.94. The van der Waals surface area contributed by atoms with Gasteiger partial charge in [0.2, 0.25) is 0 Å². The first-order valence-electron chi connectivity index (χ1n) is 5.64. The molecule has 0 unspecified atom stereocenters. The Labute approximate surface area is 115 Å². The van der Waals surface area contributed by atoms with Crippen LogP contribution in [0.2, 0.25) is 5.02 Å². The molecule has 2 heterocycles. The standard InChI is InChI=1S/C14H9ClN4/c1-16-9-3-4-12-13(7-9)19(2)14(18-12)10-5-6-17-8-11(10)15/h3-8H,2H3. The molecule has 1 aromatic carbocycles. The molecule has 0 saturated heterocycles. The molecule has 3 aromatic rings. The predicted octanol–water partition coefficient (Wildman–Crippen LogP) is 3.84. The van der Waals surface area contributed by atoms with E-state index in [-0.39, 0.29) is 0 Å². The van der Waals surface area contributed by atoms with Crippen LogP contribution in [0.25, 0.3) is 27.3 Å². The molecule has 0 atom stereocenters. The highest BCUT2D eigenvalue weighted by Gasteiger charge is 2.12. The van der Waals surface area contributed by atoms with E-state index in [1.54, 1.807) is 18.5 Å². The molecular weight excluding hydrogens is 260 g/mol. The van der Waals surface area contributed by atoms with Gasteiger partial charge in [0, 0.05) is 25.0 Å². The summed E-state index contributed by atoms with van der Waals surface area (Å²) in [5.41, 5.74) is 3.19. The van der Waals surface area contributed by atoms with Crippen LogP contribution in [0, 0.1) is 6.57 Å². The fourth-order valence-electron chi connectivity index (χ4n) is 2.05. The minimum Gasteiger partial charge on any atom is -0.328 e. The van der Waals surface area contributed by atoms with Gasteiger partial charge in [-0.1, -0.05) is 17.7 Å². The van der Waals surface area contributed by atoms with Crippen LogP contribution in [0.4, 0.5) is 5.69 Å². The summed E-state index contributed by atoms with van der Waals surface area (Å²) in [6.07, 6.45) is 3.28. The summed E-state index contributed by atoms with van der Waals surface area (Å²) in [4.78, 5) is 12.0. The lowest BCUT2D eigenvalue weighted by atomic mass is 10.2. The molecule has 5 heteroatoms. The summed E-state index contributed by atoms with van der Waals surface area (Å²) in [5.74, 6) is 0.768. The van der Waals surface area contributed by atoms with Crippen LogP contribution in [-0.4, -0.2) is 14.5 Å². The molecule has 0 amide bonds. The van der Waals surface area contributed by atoms with Crippen molar-refractivity contribution in [1.29, 1.82) is 0 Å². The average Bonchev–Trinajstić information content (AvgIpc) is 2.76. The smallest absolute Gasteiger partial charge is 0.189 e. The molecule has 0 fully saturated rings. The van der Waals surface area contributed by atoms with E-state index in [4.69, 9.17) is 18.2 Å². The van der Waals surface area contributed by atoms with Gasteiger partial charge in [-0.15, -0.1) is 0 Å². The van der Waals surface area contributed by atoms with Gasteiger partial charge in [0.1, 0.15) is 5.82 Å². The first-order chi connectivity index (χ1) is 9.20. The first kappa shape index (κ1) is 11.7. The number of imidazole rings is 1. The lowest BCUT2D eigenvalue weighted by Crippen LogP contribution is -1.93. The fourth-order valence-corrected chi connectivity index (χ4v) is 2.25. The molecule has 19 heavy (non-hydrogen) atoms. The van der Waals surface area contributed by atoms with Crippen LogP contribution in [0.1, 0.15) is 0 Å². The highest BCUT2D eigenvalue weighted by molar-refractivity contribution is 6.33. The quantitative estimate of drug-likeness (QED) is 0.629. The molecule has 4 nitrogen and oxygen atoms in total. The molecule has 3 rings (SSSR count). The molecule has 0 N–H and O–H groups in total. The number of pyridine rings is 1. The van der Waals surface area contributed by atoms with Crippen molar-refractivity contribution in [3.05, 3.63) is 53.1 Å². The summed E-state index contributed by atoms with van der Waals surface area (Å²) in [5, 5.41) is 0.561. The van der Waals surface area contributed by atoms with Gasteiger partial charge in [0.15, 0.2) is 5.69 Å². The van der Waals surface area contributed by atoms with Gasteiger partial charge in [-0.05, 0) is 18.2 Å². The Bertz CT molecular complexity index is 814. The third-order valence-corrected chi connectivity index (χ3v) is 3.31. The number of benzene rings is 1. The van der Waals surface area contributed by atoms with Crippen LogP contribution in [0.3, 0.4) is 0 Å². The van der Waals surface area contributed by atoms with Crippen molar-refractivity contribution in [3.63, 3.8) is 0 Å². The van der Waals surface area contributed by atoms with Crippen LogP contribution in [0.5, 0.6) is 0 Å². The van der Waals surface area contributed by atoms with E-state index in [1.807, 2.05) is 29.8 Å². The Morgan fingerprint density at radius 1 is 1.32 bits per heavy atom. The van der Waals surface area contributed by atoms with Crippen molar-refractivity contribution in [2.75, 3.05) is 0 Å². The Balaban J connectivity index is 2.30. The lowest BCUT2D eigenvalue weighted by molar-refractivity contribution is 0.959. The summed E-state index contributed by atoms with van der Waals surface area (Å²) in [7, 11) is 1.91. The Kier molecular flexibility index (Phi) is 2.69. The second-order valence-electron chi connectivity index (χ2n) is 4.13. The number of aromatic nitrogens is 3. The van der Waals surface area contributed by atoms with Crippen molar-refractivity contribution in [1.82, 2.24) is 14.5 Å². The molecule has 92 valence electrons. The van der Waals surface area contributed by atoms with Crippen LogP contribution in [0.15, 0.2) is 36.7 Å². The first-order valence-corrected chi connectivity index (χ1v) is 6.02. The van der Waals surface area contributed by atoms with Crippen molar-refractivity contribution < 1.29 is 0 Å². The number of aryl methyl sites for hydroxylation is 1. The Morgan fingerprint density at radius 2 is 2.16 bits per heavy atom. The number of nitrogens with zero attached hydrogens (tertiary/aromatic N) is 4. The maximum atomic E-state index is 7.06. The molecule has 0 bridgehead atoms. The highest BCUT2D eigenvalue weighted by atomic mass is 35.5. The maximum absolute atomic E-state index is 7.06. The zero-order chi connectivity index (χ0) is 13.4. The van der Waals surface area contributed by atoms with Gasteiger partial charge < -0.3 is 4.57 Å². The normalized spacial score (nSPS) is 10.6. The summed E-state index contributed by atoms with van der Waals surface area (Å²) >= 11 is 6.15. The number of hydrogen-bond acceptors (Lipinski definition) is 2. The highest BCUT2D eigenvalue weighted by Crippen LogP contribution is 2.30. The Morgan fingerprint density at radius 3 is 2.89 bits per heavy atom. The fraction of sp³-hybridized carbons (Fsp3) is 0.0714. The average molecular weight is 269 g/mol. The third-order valence-electron chi connectivity index (χ3n) is 3.01. The van der Waals surface area contributed by atoms with Crippen LogP contribution >= 0.6 is 11.6 Å². The second-order valence-corrected chi connectivity index (χ2v) is 4.54. The molecule has 0 radical (unpaired) electrons. The topological polar surface area (TPSA) is 35.1 Å². The minimum atomic E-state index is 0.561. The van der Waals surface area contributed by atoms with Gasteiger partial charge in [0.05, 0.1) is 22.6 Å². The van der Waals surface area contributed by atoms with E-state index >= 15 is 0 Å². The molecule has 0 aliphatic carbocycles. The van der Waals surface area contributed by atoms with E-state index in [2.05, 4.69) is 14.8 Å². The van der Waals surface area contributed by atoms with Gasteiger partial charge in [0.25, 0.3) is 0 Å². The number of rotatable bonds is 1. The van der Waals surface area contributed by atoms with Crippen molar-refractivity contribution >= 4 is 28.3 Å². The van der Waals surface area contributed by atoms with Gasteiger partial charge >= 0.3 is 0 Å². The summed E-state index contributed by atoms with van der Waals surface area (Å²) in [6, 6.07) is 7.27. The SMILES string of the molecule is [C-]#[N+]c1ccc2nc(-c3ccncc3Cl)n(C)c2c1. The third kappa shape index (κ3) is 1.85. The number of halogens is 1. The van der Waals surface area contributed by atoms with E-state index in [9.17, 15) is 0 Å². The zero-order valence-electron chi connectivity index (χ0n) is 10.1. The van der Waals surface area contributed by atoms with Gasteiger partial charge in [-0.3, -0.25) is 4.98 Å². The van der Waals surface area contributed by atoms with Crippen molar-refractivity contribution in [2.45, 2.75) is 0 Å². The van der Waals surface area contributed by atoms with E-state index < -0.39 is 0 Å². The van der Waals surface area contributed by atoms with Gasteiger partial charge in [-0.2, -0.15) is 0 Å². The number of fused-ring (bicyclic) bond motifs is 1. The molecular formula is C14H9ClN4. The zero-order valence-corrected chi connectivity index (χ0v) is 10.9. The largest absolute Gasteiger partial charge is 0.328 e. The number of hydrogen-bond donors (Lipinski definition) is 0. The van der Waals surface area contributed by atoms with Gasteiger partial charge in [-0.25, -0.2) is 9.83 Å². The van der Waals surface area contributed by atoms with E-state index in [1.165, 1.54) is 0 Å². The van der Waals surface area contributed by atoms with Crippen LogP contribution in [-0.2, 0) is 7.05 Å². The molecule has 0 aliphatic rings.